The lowest BCUT2D eigenvalue weighted by Gasteiger charge is -2.35. The minimum atomic E-state index is 0.326. The van der Waals surface area contributed by atoms with Crippen molar-refractivity contribution in [2.24, 2.45) is 11.3 Å². The van der Waals surface area contributed by atoms with Crippen LogP contribution in [0.1, 0.15) is 53.2 Å². The van der Waals surface area contributed by atoms with Crippen molar-refractivity contribution in [1.29, 1.82) is 0 Å². The van der Waals surface area contributed by atoms with Crippen LogP contribution in [0.25, 0.3) is 0 Å². The minimum absolute atomic E-state index is 0.326. The van der Waals surface area contributed by atoms with Gasteiger partial charge in [0.2, 0.25) is 0 Å². The molecule has 1 aromatic rings. The Morgan fingerprint density at radius 2 is 2.10 bits per heavy atom. The highest BCUT2D eigenvalue weighted by Gasteiger charge is 2.26. The molecule has 0 saturated heterocycles. The summed E-state index contributed by atoms with van der Waals surface area (Å²) in [4.78, 5) is 2.49. The van der Waals surface area contributed by atoms with E-state index in [0.717, 1.165) is 38.5 Å². The largest absolute Gasteiger partial charge is 0.468 e. The molecule has 1 rings (SSSR count). The number of rotatable bonds is 11. The van der Waals surface area contributed by atoms with Crippen molar-refractivity contribution < 1.29 is 4.42 Å². The van der Waals surface area contributed by atoms with Gasteiger partial charge >= 0.3 is 0 Å². The van der Waals surface area contributed by atoms with Crippen LogP contribution in [0.3, 0.4) is 0 Å². The van der Waals surface area contributed by atoms with Crippen molar-refractivity contribution in [2.45, 2.75) is 54.0 Å². The number of furan rings is 1. The van der Waals surface area contributed by atoms with Gasteiger partial charge in [0.1, 0.15) is 5.76 Å². The third-order valence-corrected chi connectivity index (χ3v) is 3.97. The van der Waals surface area contributed by atoms with E-state index in [2.05, 4.69) is 50.9 Å². The summed E-state index contributed by atoms with van der Waals surface area (Å²) in [5, 5.41) is 3.65. The highest BCUT2D eigenvalue weighted by atomic mass is 16.3. The molecule has 0 radical (unpaired) electrons. The smallest absolute Gasteiger partial charge is 0.117 e. The van der Waals surface area contributed by atoms with E-state index in [0.29, 0.717) is 11.3 Å². The summed E-state index contributed by atoms with van der Waals surface area (Å²) < 4.78 is 5.50. The highest BCUT2D eigenvalue weighted by molar-refractivity contribution is 4.98. The van der Waals surface area contributed by atoms with Gasteiger partial charge in [0.25, 0.3) is 0 Å². The molecule has 1 atom stereocenters. The first-order valence-electron chi connectivity index (χ1n) is 8.44. The van der Waals surface area contributed by atoms with Gasteiger partial charge in [-0.15, -0.1) is 0 Å². The lowest BCUT2D eigenvalue weighted by molar-refractivity contribution is 0.140. The van der Waals surface area contributed by atoms with E-state index in [1.807, 2.05) is 6.07 Å². The molecule has 0 saturated carbocycles. The zero-order chi connectivity index (χ0) is 15.7. The zero-order valence-corrected chi connectivity index (χ0v) is 14.6. The number of nitrogens with zero attached hydrogens (tertiary/aromatic N) is 1. The third kappa shape index (κ3) is 7.14. The van der Waals surface area contributed by atoms with Crippen LogP contribution in [-0.2, 0) is 6.54 Å². The van der Waals surface area contributed by atoms with Gasteiger partial charge in [0, 0.05) is 13.1 Å². The molecule has 3 heteroatoms. The first kappa shape index (κ1) is 18.2. The maximum absolute atomic E-state index is 5.50. The van der Waals surface area contributed by atoms with Crippen molar-refractivity contribution in [2.75, 3.05) is 26.2 Å². The van der Waals surface area contributed by atoms with Crippen LogP contribution >= 0.6 is 0 Å². The van der Waals surface area contributed by atoms with E-state index in [-0.39, 0.29) is 0 Å². The topological polar surface area (TPSA) is 28.4 Å². The SMILES string of the molecule is CCCC(C)(CNCC(C)C)CN(CC)Cc1ccco1. The summed E-state index contributed by atoms with van der Waals surface area (Å²) in [7, 11) is 0. The standard InChI is InChI=1S/C18H34N2O/c1-6-10-18(5,14-19-12-16(3)4)15-20(7-2)13-17-9-8-11-21-17/h8-9,11,16,19H,6-7,10,12-15H2,1-5H3. The average Bonchev–Trinajstić information content (AvgIpc) is 2.90. The first-order valence-corrected chi connectivity index (χ1v) is 8.44. The third-order valence-electron chi connectivity index (χ3n) is 3.97. The first-order chi connectivity index (χ1) is 9.99. The second-order valence-corrected chi connectivity index (χ2v) is 6.97. The van der Waals surface area contributed by atoms with Crippen LogP contribution in [0.4, 0.5) is 0 Å². The molecule has 0 spiro atoms. The Morgan fingerprint density at radius 1 is 1.33 bits per heavy atom. The average molecular weight is 294 g/mol. The van der Waals surface area contributed by atoms with E-state index in [1.165, 1.54) is 12.8 Å². The molecule has 0 aromatic carbocycles. The van der Waals surface area contributed by atoms with Crippen molar-refractivity contribution in [1.82, 2.24) is 10.2 Å². The summed E-state index contributed by atoms with van der Waals surface area (Å²) in [6, 6.07) is 4.04. The van der Waals surface area contributed by atoms with Gasteiger partial charge in [0.15, 0.2) is 0 Å². The summed E-state index contributed by atoms with van der Waals surface area (Å²) in [6.07, 6.45) is 4.25. The van der Waals surface area contributed by atoms with Gasteiger partial charge < -0.3 is 9.73 Å². The van der Waals surface area contributed by atoms with Gasteiger partial charge in [-0.1, -0.05) is 41.0 Å². The molecule has 0 fully saturated rings. The van der Waals surface area contributed by atoms with Crippen LogP contribution in [0.2, 0.25) is 0 Å². The molecule has 21 heavy (non-hydrogen) atoms. The van der Waals surface area contributed by atoms with Gasteiger partial charge in [0.05, 0.1) is 12.8 Å². The number of hydrogen-bond donors (Lipinski definition) is 1. The Balaban J connectivity index is 2.56. The second kappa shape index (κ2) is 9.26. The molecule has 0 amide bonds. The molecular formula is C18H34N2O. The van der Waals surface area contributed by atoms with Crippen LogP contribution < -0.4 is 5.32 Å². The number of hydrogen-bond acceptors (Lipinski definition) is 3. The van der Waals surface area contributed by atoms with Gasteiger partial charge in [-0.3, -0.25) is 4.90 Å². The maximum Gasteiger partial charge on any atom is 0.117 e. The highest BCUT2D eigenvalue weighted by Crippen LogP contribution is 2.25. The Bertz CT molecular complexity index is 361. The molecule has 0 bridgehead atoms. The fraction of sp³-hybridized carbons (Fsp3) is 0.778. The molecular weight excluding hydrogens is 260 g/mol. The quantitative estimate of drug-likeness (QED) is 0.664. The molecule has 0 aliphatic rings. The fourth-order valence-corrected chi connectivity index (χ4v) is 2.93. The molecule has 122 valence electrons. The minimum Gasteiger partial charge on any atom is -0.468 e. The van der Waals surface area contributed by atoms with E-state index < -0.39 is 0 Å². The zero-order valence-electron chi connectivity index (χ0n) is 14.6. The second-order valence-electron chi connectivity index (χ2n) is 6.97. The van der Waals surface area contributed by atoms with Crippen LogP contribution in [0.5, 0.6) is 0 Å². The lowest BCUT2D eigenvalue weighted by Crippen LogP contribution is -2.42. The van der Waals surface area contributed by atoms with E-state index in [4.69, 9.17) is 4.42 Å². The Morgan fingerprint density at radius 3 is 2.62 bits per heavy atom. The summed E-state index contributed by atoms with van der Waals surface area (Å²) in [5.74, 6) is 1.77. The van der Waals surface area contributed by atoms with E-state index >= 15 is 0 Å². The molecule has 1 unspecified atom stereocenters. The summed E-state index contributed by atoms with van der Waals surface area (Å²) >= 11 is 0. The van der Waals surface area contributed by atoms with Crippen LogP contribution in [-0.4, -0.2) is 31.1 Å². The van der Waals surface area contributed by atoms with E-state index in [9.17, 15) is 0 Å². The summed E-state index contributed by atoms with van der Waals surface area (Å²) in [5.41, 5.74) is 0.326. The maximum atomic E-state index is 5.50. The fourth-order valence-electron chi connectivity index (χ4n) is 2.93. The lowest BCUT2D eigenvalue weighted by atomic mass is 9.84. The molecule has 3 nitrogen and oxygen atoms in total. The van der Waals surface area contributed by atoms with E-state index in [1.54, 1.807) is 6.26 Å². The van der Waals surface area contributed by atoms with Crippen molar-refractivity contribution >= 4 is 0 Å². The van der Waals surface area contributed by atoms with Crippen LogP contribution in [0.15, 0.2) is 22.8 Å². The van der Waals surface area contributed by atoms with Gasteiger partial charge in [-0.2, -0.15) is 0 Å². The molecule has 0 aliphatic carbocycles. The summed E-state index contributed by atoms with van der Waals surface area (Å²) in [6.45, 7) is 16.7. The Hall–Kier alpha value is -0.800. The van der Waals surface area contributed by atoms with Gasteiger partial charge in [-0.05, 0) is 43.0 Å². The van der Waals surface area contributed by atoms with Crippen LogP contribution in [0, 0.1) is 11.3 Å². The molecule has 1 N–H and O–H groups in total. The molecule has 0 aliphatic heterocycles. The van der Waals surface area contributed by atoms with Crippen molar-refractivity contribution in [3.63, 3.8) is 0 Å². The molecule has 1 heterocycles. The predicted octanol–water partition coefficient (Wildman–Crippen LogP) is 4.15. The monoisotopic (exact) mass is 294 g/mol. The number of nitrogens with one attached hydrogen (secondary N) is 1. The Kier molecular flexibility index (Phi) is 8.05. The normalized spacial score (nSPS) is 14.8. The van der Waals surface area contributed by atoms with Crippen molar-refractivity contribution in [3.8, 4) is 0 Å². The van der Waals surface area contributed by atoms with Crippen molar-refractivity contribution in [3.05, 3.63) is 24.2 Å². The predicted molar refractivity (Wildman–Crippen MR) is 90.4 cm³/mol. The van der Waals surface area contributed by atoms with Gasteiger partial charge in [-0.25, -0.2) is 0 Å². The molecule has 1 aromatic heterocycles. The Labute approximate surface area is 131 Å².